The van der Waals surface area contributed by atoms with Crippen LogP contribution in [0.3, 0.4) is 0 Å². The summed E-state index contributed by atoms with van der Waals surface area (Å²) in [4.78, 5) is 21.0. The smallest absolute Gasteiger partial charge is 0.351 e. The van der Waals surface area contributed by atoms with Crippen molar-refractivity contribution >= 4 is 49.8 Å². The van der Waals surface area contributed by atoms with Crippen LogP contribution in [0.2, 0.25) is 5.02 Å². The van der Waals surface area contributed by atoms with Gasteiger partial charge in [0.05, 0.1) is 32.9 Å². The minimum atomic E-state index is -3.37. The zero-order valence-corrected chi connectivity index (χ0v) is 20.1. The zero-order valence-electron chi connectivity index (χ0n) is 17.7. The monoisotopic (exact) mass is 506 g/mol. The highest BCUT2D eigenvalue weighted by molar-refractivity contribution is 7.90. The number of phenolic OH excluding ortho intramolecular Hbond substituents is 1. The normalized spacial score (nSPS) is 12.6. The number of nitrogens with one attached hydrogen (secondary N) is 1. The molecule has 2 heterocycles. The predicted molar refractivity (Wildman–Crippen MR) is 126 cm³/mol. The van der Waals surface area contributed by atoms with E-state index >= 15 is 0 Å². The van der Waals surface area contributed by atoms with E-state index < -0.39 is 21.9 Å². The molecule has 4 aromatic rings. The van der Waals surface area contributed by atoms with Gasteiger partial charge in [-0.15, -0.1) is 11.3 Å². The number of aromatic nitrogens is 2. The number of thiophene rings is 1. The number of carbonyl (C=O) groups is 1. The number of hydrogen-bond acceptors (Lipinski definition) is 8. The molecule has 0 unspecified atom stereocenters. The van der Waals surface area contributed by atoms with Crippen molar-refractivity contribution in [2.45, 2.75) is 17.9 Å². The number of halogens is 1. The van der Waals surface area contributed by atoms with E-state index in [2.05, 4.69) is 9.97 Å². The lowest BCUT2D eigenvalue weighted by Gasteiger charge is -2.16. The van der Waals surface area contributed by atoms with Crippen molar-refractivity contribution < 1.29 is 27.8 Å². The minimum absolute atomic E-state index is 0.0699. The number of hydrogen-bond donors (Lipinski definition) is 2. The van der Waals surface area contributed by atoms with Gasteiger partial charge in [-0.1, -0.05) is 23.7 Å². The number of imidazole rings is 1. The van der Waals surface area contributed by atoms with Crippen molar-refractivity contribution in [3.63, 3.8) is 0 Å². The van der Waals surface area contributed by atoms with Gasteiger partial charge in [0, 0.05) is 17.9 Å². The van der Waals surface area contributed by atoms with E-state index in [4.69, 9.17) is 21.1 Å². The van der Waals surface area contributed by atoms with E-state index in [1.165, 1.54) is 25.3 Å². The first-order valence-electron chi connectivity index (χ1n) is 9.65. The summed E-state index contributed by atoms with van der Waals surface area (Å²) in [5.41, 5.74) is 1.67. The molecule has 0 amide bonds. The zero-order chi connectivity index (χ0) is 23.9. The van der Waals surface area contributed by atoms with Gasteiger partial charge in [0.25, 0.3) is 0 Å². The second kappa shape index (κ2) is 8.69. The number of carbonyl (C=O) groups excluding carboxylic acids is 1. The van der Waals surface area contributed by atoms with E-state index in [1.807, 2.05) is 0 Å². The summed E-state index contributed by atoms with van der Waals surface area (Å²) in [6.07, 6.45) is 0.556. The van der Waals surface area contributed by atoms with Crippen LogP contribution in [0.15, 0.2) is 47.4 Å². The third-order valence-electron chi connectivity index (χ3n) is 4.93. The van der Waals surface area contributed by atoms with Crippen LogP contribution in [0.4, 0.5) is 0 Å². The summed E-state index contributed by atoms with van der Waals surface area (Å²) in [7, 11) is -2.10. The highest BCUT2D eigenvalue weighted by atomic mass is 35.5. The first kappa shape index (κ1) is 23.1. The van der Waals surface area contributed by atoms with E-state index in [0.717, 1.165) is 17.6 Å². The summed E-state index contributed by atoms with van der Waals surface area (Å²) in [5.74, 6) is 0.0696. The van der Waals surface area contributed by atoms with Gasteiger partial charge >= 0.3 is 5.97 Å². The third-order valence-corrected chi connectivity index (χ3v) is 7.56. The molecule has 0 saturated heterocycles. The maximum absolute atomic E-state index is 12.4. The van der Waals surface area contributed by atoms with Crippen molar-refractivity contribution in [3.8, 4) is 22.2 Å². The first-order valence-corrected chi connectivity index (χ1v) is 12.7. The molecule has 8 nitrogen and oxygen atoms in total. The lowest BCUT2D eigenvalue weighted by molar-refractivity contribution is 0.0600. The van der Waals surface area contributed by atoms with Gasteiger partial charge in [0.2, 0.25) is 0 Å². The van der Waals surface area contributed by atoms with Crippen molar-refractivity contribution in [2.24, 2.45) is 0 Å². The lowest BCUT2D eigenvalue weighted by Crippen LogP contribution is -2.07. The average Bonchev–Trinajstić information content (AvgIpc) is 3.38. The number of phenols is 1. The molecule has 0 spiro atoms. The van der Waals surface area contributed by atoms with Crippen LogP contribution in [0, 0.1) is 0 Å². The van der Waals surface area contributed by atoms with Crippen molar-refractivity contribution in [1.82, 2.24) is 9.97 Å². The Hall–Kier alpha value is -3.08. The average molecular weight is 507 g/mol. The van der Waals surface area contributed by atoms with E-state index in [1.54, 1.807) is 31.2 Å². The number of esters is 1. The van der Waals surface area contributed by atoms with Crippen molar-refractivity contribution in [3.05, 3.63) is 57.9 Å². The standard InChI is InChI=1S/C22H19ClN2O6S2/c1-11(13-5-4-6-16(26)19(13)23)31-17-10-18(32-20(17)22(27)30-2)21-24-14-8-7-12(33(3,28)29)9-15(14)25-21/h4-11,26H,1-3H3,(H,24,25)/t11-/m1/s1. The summed E-state index contributed by atoms with van der Waals surface area (Å²) in [6, 6.07) is 11.1. The largest absolute Gasteiger partial charge is 0.506 e. The molecule has 0 fully saturated rings. The highest BCUT2D eigenvalue weighted by Gasteiger charge is 2.24. The van der Waals surface area contributed by atoms with Crippen molar-refractivity contribution in [2.75, 3.05) is 13.4 Å². The maximum atomic E-state index is 12.4. The number of rotatable bonds is 6. The van der Waals surface area contributed by atoms with Crippen LogP contribution < -0.4 is 4.74 Å². The molecular formula is C22H19ClN2O6S2. The van der Waals surface area contributed by atoms with Crippen LogP contribution in [0.5, 0.6) is 11.5 Å². The molecule has 0 bridgehead atoms. The van der Waals surface area contributed by atoms with Gasteiger partial charge in [-0.05, 0) is 31.2 Å². The van der Waals surface area contributed by atoms with Gasteiger partial charge < -0.3 is 19.6 Å². The number of sulfone groups is 1. The SMILES string of the molecule is COC(=O)c1sc(-c2nc3ccc(S(C)(=O)=O)cc3[nH]2)cc1O[C@H](C)c1cccc(O)c1Cl. The quantitative estimate of drug-likeness (QED) is 0.354. The summed E-state index contributed by atoms with van der Waals surface area (Å²) >= 11 is 7.32. The van der Waals surface area contributed by atoms with Crippen LogP contribution in [-0.2, 0) is 14.6 Å². The Bertz CT molecular complexity index is 1480. The number of nitrogens with zero attached hydrogens (tertiary/aromatic N) is 1. The van der Waals surface area contributed by atoms with Gasteiger partial charge in [0.15, 0.2) is 14.7 Å². The van der Waals surface area contributed by atoms with Gasteiger partial charge in [0.1, 0.15) is 23.4 Å². The molecule has 2 aromatic carbocycles. The maximum Gasteiger partial charge on any atom is 0.351 e. The number of fused-ring (bicyclic) bond motifs is 1. The van der Waals surface area contributed by atoms with Crippen LogP contribution in [0.25, 0.3) is 21.7 Å². The number of aromatic amines is 1. The fourth-order valence-corrected chi connectivity index (χ4v) is 5.13. The predicted octanol–water partition coefficient (Wildman–Crippen LogP) is 4.98. The molecule has 0 aliphatic rings. The molecule has 2 aromatic heterocycles. The molecule has 11 heteroatoms. The second-order valence-corrected chi connectivity index (χ2v) is 10.7. The molecule has 33 heavy (non-hydrogen) atoms. The molecule has 0 radical (unpaired) electrons. The summed E-state index contributed by atoms with van der Waals surface area (Å²) < 4.78 is 34.6. The molecular weight excluding hydrogens is 488 g/mol. The molecule has 0 aliphatic heterocycles. The number of methoxy groups -OCH3 is 1. The van der Waals surface area contributed by atoms with Crippen LogP contribution in [0.1, 0.15) is 28.3 Å². The van der Waals surface area contributed by atoms with Gasteiger partial charge in [-0.25, -0.2) is 18.2 Å². The Morgan fingerprint density at radius 3 is 2.70 bits per heavy atom. The number of H-pyrrole nitrogens is 1. The number of aromatic hydroxyl groups is 1. The fourth-order valence-electron chi connectivity index (χ4n) is 3.25. The lowest BCUT2D eigenvalue weighted by atomic mass is 10.1. The summed E-state index contributed by atoms with van der Waals surface area (Å²) in [5, 5.41) is 10.0. The highest BCUT2D eigenvalue weighted by Crippen LogP contribution is 2.40. The molecule has 4 rings (SSSR count). The third kappa shape index (κ3) is 4.54. The van der Waals surface area contributed by atoms with E-state index in [0.29, 0.717) is 27.3 Å². The van der Waals surface area contributed by atoms with Gasteiger partial charge in [-0.3, -0.25) is 0 Å². The Morgan fingerprint density at radius 2 is 2.00 bits per heavy atom. The number of benzene rings is 2. The van der Waals surface area contributed by atoms with Crippen LogP contribution >= 0.6 is 22.9 Å². The molecule has 0 saturated carbocycles. The second-order valence-electron chi connectivity index (χ2n) is 7.27. The van der Waals surface area contributed by atoms with Crippen molar-refractivity contribution in [1.29, 1.82) is 0 Å². The minimum Gasteiger partial charge on any atom is -0.506 e. The molecule has 0 aliphatic carbocycles. The number of ether oxygens (including phenoxy) is 2. The first-order chi connectivity index (χ1) is 15.6. The van der Waals surface area contributed by atoms with Gasteiger partial charge in [-0.2, -0.15) is 0 Å². The molecule has 2 N–H and O–H groups in total. The Morgan fingerprint density at radius 1 is 1.24 bits per heavy atom. The Balaban J connectivity index is 1.73. The van der Waals surface area contributed by atoms with Crippen LogP contribution in [-0.4, -0.2) is 42.8 Å². The molecule has 1 atom stereocenters. The van der Waals surface area contributed by atoms with E-state index in [-0.39, 0.29) is 26.3 Å². The Kier molecular flexibility index (Phi) is 6.08. The fraction of sp³-hybridized carbons (Fsp3) is 0.182. The summed E-state index contributed by atoms with van der Waals surface area (Å²) in [6.45, 7) is 1.74. The van der Waals surface area contributed by atoms with E-state index in [9.17, 15) is 18.3 Å². The topological polar surface area (TPSA) is 119 Å². The molecule has 172 valence electrons. The Labute approximate surface area is 198 Å².